The average Bonchev–Trinajstić information content (AvgIpc) is 2.66. The van der Waals surface area contributed by atoms with Gasteiger partial charge in [-0.2, -0.15) is 13.2 Å². The Kier molecular flexibility index (Phi) is 6.12. The summed E-state index contributed by atoms with van der Waals surface area (Å²) >= 11 is 1.15. The van der Waals surface area contributed by atoms with Gasteiger partial charge in [0, 0.05) is 11.3 Å². The van der Waals surface area contributed by atoms with Crippen LogP contribution in [0, 0.1) is 0 Å². The second-order valence-electron chi connectivity index (χ2n) is 6.58. The van der Waals surface area contributed by atoms with Crippen molar-refractivity contribution in [3.8, 4) is 0 Å². The molecular formula is C19H20F3N3O2S. The van der Waals surface area contributed by atoms with Crippen LogP contribution in [0.2, 0.25) is 0 Å². The van der Waals surface area contributed by atoms with Gasteiger partial charge in [0.2, 0.25) is 5.91 Å². The fourth-order valence-corrected chi connectivity index (χ4v) is 3.98. The van der Waals surface area contributed by atoms with Crippen LogP contribution in [0.4, 0.5) is 18.9 Å². The summed E-state index contributed by atoms with van der Waals surface area (Å²) in [7, 11) is 0. The highest BCUT2D eigenvalue weighted by molar-refractivity contribution is 8.00. The van der Waals surface area contributed by atoms with Gasteiger partial charge in [0.15, 0.2) is 5.16 Å². The number of halogens is 3. The molecule has 150 valence electrons. The summed E-state index contributed by atoms with van der Waals surface area (Å²) < 4.78 is 37.9. The van der Waals surface area contributed by atoms with Gasteiger partial charge in [-0.3, -0.25) is 9.59 Å². The number of H-pyrrole nitrogens is 1. The number of aromatic nitrogens is 2. The number of anilines is 1. The van der Waals surface area contributed by atoms with E-state index < -0.39 is 17.0 Å². The molecule has 0 spiro atoms. The molecular weight excluding hydrogens is 391 g/mol. The minimum Gasteiger partial charge on any atom is -0.325 e. The molecule has 0 radical (unpaired) electrons. The van der Waals surface area contributed by atoms with Gasteiger partial charge in [-0.15, -0.1) is 0 Å². The molecule has 1 aliphatic rings. The summed E-state index contributed by atoms with van der Waals surface area (Å²) in [6.07, 6.45) is -0.529. The van der Waals surface area contributed by atoms with Crippen molar-refractivity contribution in [2.24, 2.45) is 0 Å². The van der Waals surface area contributed by atoms with Crippen LogP contribution in [-0.4, -0.2) is 21.1 Å². The number of thioether (sulfide) groups is 1. The maximum atomic E-state index is 12.6. The van der Waals surface area contributed by atoms with E-state index in [1.807, 2.05) is 6.92 Å². The van der Waals surface area contributed by atoms with Crippen LogP contribution in [0.3, 0.4) is 0 Å². The lowest BCUT2D eigenvalue weighted by Crippen LogP contribution is -2.26. The van der Waals surface area contributed by atoms with Crippen molar-refractivity contribution < 1.29 is 18.0 Å². The molecule has 0 fully saturated rings. The Morgan fingerprint density at radius 3 is 2.57 bits per heavy atom. The van der Waals surface area contributed by atoms with E-state index in [0.29, 0.717) is 18.0 Å². The van der Waals surface area contributed by atoms with E-state index >= 15 is 0 Å². The minimum atomic E-state index is -4.42. The lowest BCUT2D eigenvalue weighted by atomic mass is 9.97. The van der Waals surface area contributed by atoms with Gasteiger partial charge >= 0.3 is 6.18 Å². The lowest BCUT2D eigenvalue weighted by Gasteiger charge is -2.17. The van der Waals surface area contributed by atoms with E-state index in [0.717, 1.165) is 54.4 Å². The molecule has 28 heavy (non-hydrogen) atoms. The third-order valence-corrected chi connectivity index (χ3v) is 5.82. The van der Waals surface area contributed by atoms with E-state index in [2.05, 4.69) is 15.3 Å². The monoisotopic (exact) mass is 411 g/mol. The highest BCUT2D eigenvalue weighted by Gasteiger charge is 2.30. The van der Waals surface area contributed by atoms with E-state index in [1.165, 1.54) is 12.1 Å². The molecule has 1 amide bonds. The fourth-order valence-electron chi connectivity index (χ4n) is 3.06. The van der Waals surface area contributed by atoms with Crippen LogP contribution in [0.25, 0.3) is 0 Å². The smallest absolute Gasteiger partial charge is 0.325 e. The number of carbonyl (C=O) groups is 1. The molecule has 3 rings (SSSR count). The predicted octanol–water partition coefficient (Wildman–Crippen LogP) is 4.18. The molecule has 0 aliphatic heterocycles. The van der Waals surface area contributed by atoms with Gasteiger partial charge in [0.1, 0.15) is 0 Å². The van der Waals surface area contributed by atoms with Crippen LogP contribution in [0.15, 0.2) is 34.2 Å². The third kappa shape index (κ3) is 4.76. The van der Waals surface area contributed by atoms with Crippen LogP contribution >= 0.6 is 11.8 Å². The Morgan fingerprint density at radius 1 is 1.25 bits per heavy atom. The standard InChI is InChI=1S/C19H20F3N3O2S/c1-2-15(17(27)23-12-9-7-11(8-10-12)19(20,21)22)28-18-24-14-6-4-3-5-13(14)16(26)25-18/h7-10,15H,2-6H2,1H3,(H,23,27)(H,24,25,26). The highest BCUT2D eigenvalue weighted by atomic mass is 32.2. The quantitative estimate of drug-likeness (QED) is 0.572. The average molecular weight is 411 g/mol. The summed E-state index contributed by atoms with van der Waals surface area (Å²) in [5.41, 5.74) is 0.852. The van der Waals surface area contributed by atoms with Gasteiger partial charge in [-0.1, -0.05) is 18.7 Å². The Morgan fingerprint density at radius 2 is 1.93 bits per heavy atom. The molecule has 1 atom stereocenters. The largest absolute Gasteiger partial charge is 0.416 e. The Bertz CT molecular complexity index is 910. The molecule has 2 aromatic rings. The number of alkyl halides is 3. The summed E-state index contributed by atoms with van der Waals surface area (Å²) in [5, 5.41) is 2.48. The van der Waals surface area contributed by atoms with Crippen molar-refractivity contribution in [3.63, 3.8) is 0 Å². The van der Waals surface area contributed by atoms with Gasteiger partial charge in [-0.25, -0.2) is 4.98 Å². The number of rotatable bonds is 5. The van der Waals surface area contributed by atoms with Crippen LogP contribution in [-0.2, 0) is 23.8 Å². The van der Waals surface area contributed by atoms with Crippen molar-refractivity contribution in [2.75, 3.05) is 5.32 Å². The first-order chi connectivity index (χ1) is 13.3. The number of fused-ring (bicyclic) bond motifs is 1. The van der Waals surface area contributed by atoms with Crippen molar-refractivity contribution in [3.05, 3.63) is 51.4 Å². The molecule has 1 aromatic carbocycles. The third-order valence-electron chi connectivity index (χ3n) is 4.57. The van der Waals surface area contributed by atoms with Gasteiger partial charge in [0.05, 0.1) is 16.5 Å². The molecule has 1 aromatic heterocycles. The predicted molar refractivity (Wildman–Crippen MR) is 102 cm³/mol. The van der Waals surface area contributed by atoms with E-state index in [-0.39, 0.29) is 17.2 Å². The molecule has 0 saturated carbocycles. The summed E-state index contributed by atoms with van der Waals surface area (Å²) in [5.74, 6) is -0.354. The second-order valence-corrected chi connectivity index (χ2v) is 7.77. The van der Waals surface area contributed by atoms with Crippen molar-refractivity contribution in [2.45, 2.75) is 55.6 Å². The van der Waals surface area contributed by atoms with Gasteiger partial charge < -0.3 is 10.3 Å². The van der Waals surface area contributed by atoms with Gasteiger partial charge in [-0.05, 0) is 56.4 Å². The zero-order valence-corrected chi connectivity index (χ0v) is 16.0. The number of amides is 1. The number of nitrogens with one attached hydrogen (secondary N) is 2. The molecule has 1 heterocycles. The Balaban J connectivity index is 1.70. The zero-order chi connectivity index (χ0) is 20.3. The molecule has 9 heteroatoms. The lowest BCUT2D eigenvalue weighted by molar-refractivity contribution is -0.137. The maximum Gasteiger partial charge on any atom is 0.416 e. The van der Waals surface area contributed by atoms with E-state index in [4.69, 9.17) is 0 Å². The Labute approximate surface area is 164 Å². The molecule has 1 aliphatic carbocycles. The minimum absolute atomic E-state index is 0.162. The van der Waals surface area contributed by atoms with E-state index in [9.17, 15) is 22.8 Å². The molecule has 0 bridgehead atoms. The van der Waals surface area contributed by atoms with Crippen molar-refractivity contribution in [1.82, 2.24) is 9.97 Å². The van der Waals surface area contributed by atoms with Gasteiger partial charge in [0.25, 0.3) is 5.56 Å². The number of nitrogens with zero attached hydrogens (tertiary/aromatic N) is 1. The summed E-state index contributed by atoms with van der Waals surface area (Å²) in [4.78, 5) is 32.0. The first kappa shape index (κ1) is 20.4. The number of aryl methyl sites for hydroxylation is 1. The van der Waals surface area contributed by atoms with Crippen molar-refractivity contribution in [1.29, 1.82) is 0 Å². The van der Waals surface area contributed by atoms with Crippen LogP contribution in [0.1, 0.15) is 43.0 Å². The Hall–Kier alpha value is -2.29. The van der Waals surface area contributed by atoms with Crippen LogP contribution < -0.4 is 10.9 Å². The molecule has 5 nitrogen and oxygen atoms in total. The highest BCUT2D eigenvalue weighted by Crippen LogP contribution is 2.30. The van der Waals surface area contributed by atoms with E-state index in [1.54, 1.807) is 0 Å². The second kappa shape index (κ2) is 8.38. The first-order valence-electron chi connectivity index (χ1n) is 9.04. The first-order valence-corrected chi connectivity index (χ1v) is 9.92. The number of aromatic amines is 1. The number of hydrogen-bond donors (Lipinski definition) is 2. The SMILES string of the molecule is CCC(Sc1nc2c(c(=O)[nH]1)CCCC2)C(=O)Nc1ccc(C(F)(F)F)cc1. The summed E-state index contributed by atoms with van der Waals surface area (Å²) in [6.45, 7) is 1.82. The maximum absolute atomic E-state index is 12.6. The molecule has 0 saturated heterocycles. The number of benzene rings is 1. The van der Waals surface area contributed by atoms with Crippen molar-refractivity contribution >= 4 is 23.4 Å². The fraction of sp³-hybridized carbons (Fsp3) is 0.421. The normalized spacial score (nSPS) is 15.0. The number of hydrogen-bond acceptors (Lipinski definition) is 4. The summed E-state index contributed by atoms with van der Waals surface area (Å²) in [6, 6.07) is 4.28. The molecule has 1 unspecified atom stereocenters. The molecule has 2 N–H and O–H groups in total. The zero-order valence-electron chi connectivity index (χ0n) is 15.2. The van der Waals surface area contributed by atoms with Crippen LogP contribution in [0.5, 0.6) is 0 Å². The number of carbonyl (C=O) groups excluding carboxylic acids is 1. The topological polar surface area (TPSA) is 74.8 Å².